The van der Waals surface area contributed by atoms with Crippen molar-refractivity contribution in [2.45, 2.75) is 44.8 Å². The summed E-state index contributed by atoms with van der Waals surface area (Å²) in [6, 6.07) is 2.42. The van der Waals surface area contributed by atoms with E-state index in [9.17, 15) is 14.4 Å². The van der Waals surface area contributed by atoms with Crippen LogP contribution >= 0.6 is 0 Å². The van der Waals surface area contributed by atoms with E-state index in [0.717, 1.165) is 25.7 Å². The summed E-state index contributed by atoms with van der Waals surface area (Å²) in [6.45, 7) is 2.13. The molecule has 9 nitrogen and oxygen atoms in total. The fraction of sp³-hybridized carbons (Fsp3) is 0.526. The Bertz CT molecular complexity index is 742. The van der Waals surface area contributed by atoms with Gasteiger partial charge in [-0.1, -0.05) is 12.8 Å². The number of hydrogen-bond donors (Lipinski definition) is 2. The molecule has 0 saturated heterocycles. The zero-order valence-corrected chi connectivity index (χ0v) is 15.9. The average Bonchev–Trinajstić information content (AvgIpc) is 3.19. The molecule has 1 saturated carbocycles. The number of benzene rings is 1. The first-order valence-corrected chi connectivity index (χ1v) is 9.28. The third-order valence-corrected chi connectivity index (χ3v) is 4.64. The van der Waals surface area contributed by atoms with Crippen LogP contribution in [0, 0.1) is 0 Å². The Hall–Kier alpha value is -2.97. The van der Waals surface area contributed by atoms with E-state index in [1.54, 1.807) is 0 Å². The number of nitrogens with one attached hydrogen (secondary N) is 2. The Morgan fingerprint density at radius 1 is 1.14 bits per heavy atom. The van der Waals surface area contributed by atoms with Crippen LogP contribution in [0.15, 0.2) is 12.1 Å². The summed E-state index contributed by atoms with van der Waals surface area (Å²) in [7, 11) is 1.45. The molecule has 1 aliphatic carbocycles. The highest BCUT2D eigenvalue weighted by Gasteiger charge is 2.25. The number of imide groups is 1. The number of carbonyl (C=O) groups excluding carboxylic acids is 3. The highest BCUT2D eigenvalue weighted by Crippen LogP contribution is 2.40. The van der Waals surface area contributed by atoms with Gasteiger partial charge in [0, 0.05) is 6.04 Å². The van der Waals surface area contributed by atoms with Gasteiger partial charge in [0.15, 0.2) is 17.6 Å². The van der Waals surface area contributed by atoms with Gasteiger partial charge in [-0.15, -0.1) is 0 Å². The number of amides is 3. The maximum absolute atomic E-state index is 12.4. The van der Waals surface area contributed by atoms with Crippen molar-refractivity contribution in [3.8, 4) is 17.2 Å². The fourth-order valence-corrected chi connectivity index (χ4v) is 3.18. The molecule has 3 amide bonds. The second-order valence-corrected chi connectivity index (χ2v) is 6.69. The molecule has 1 aromatic carbocycles. The first-order chi connectivity index (χ1) is 13.5. The molecule has 0 spiro atoms. The third-order valence-electron chi connectivity index (χ3n) is 4.64. The Morgan fingerprint density at radius 2 is 1.86 bits per heavy atom. The van der Waals surface area contributed by atoms with Crippen molar-refractivity contribution in [1.82, 2.24) is 10.6 Å². The van der Waals surface area contributed by atoms with Gasteiger partial charge in [-0.05, 0) is 31.9 Å². The van der Waals surface area contributed by atoms with Crippen LogP contribution in [0.25, 0.3) is 0 Å². The first kappa shape index (κ1) is 19.8. The summed E-state index contributed by atoms with van der Waals surface area (Å²) in [5, 5.41) is 4.94. The molecule has 2 N–H and O–H groups in total. The lowest BCUT2D eigenvalue weighted by Crippen LogP contribution is -2.47. The van der Waals surface area contributed by atoms with E-state index in [0.29, 0.717) is 30.5 Å². The molecular formula is C19H24N2O7. The largest absolute Gasteiger partial charge is 0.493 e. The quantitative estimate of drug-likeness (QED) is 0.735. The predicted octanol–water partition coefficient (Wildman–Crippen LogP) is 1.78. The summed E-state index contributed by atoms with van der Waals surface area (Å²) in [6.07, 6.45) is 2.77. The molecule has 0 bridgehead atoms. The summed E-state index contributed by atoms with van der Waals surface area (Å²) in [5.41, 5.74) is 0.149. The number of fused-ring (bicyclic) bond motifs is 1. The van der Waals surface area contributed by atoms with Gasteiger partial charge in [-0.25, -0.2) is 9.59 Å². The van der Waals surface area contributed by atoms with Crippen LogP contribution in [0.3, 0.4) is 0 Å². The van der Waals surface area contributed by atoms with Crippen LogP contribution in [0.1, 0.15) is 43.0 Å². The molecule has 1 atom stereocenters. The normalized spacial score (nSPS) is 16.8. The van der Waals surface area contributed by atoms with Gasteiger partial charge in [-0.3, -0.25) is 10.1 Å². The van der Waals surface area contributed by atoms with Gasteiger partial charge in [0.2, 0.25) is 5.75 Å². The third kappa shape index (κ3) is 4.65. The topological polar surface area (TPSA) is 112 Å². The highest BCUT2D eigenvalue weighted by molar-refractivity contribution is 5.98. The fourth-order valence-electron chi connectivity index (χ4n) is 3.18. The van der Waals surface area contributed by atoms with Crippen molar-refractivity contribution in [3.05, 3.63) is 17.7 Å². The summed E-state index contributed by atoms with van der Waals surface area (Å²) in [4.78, 5) is 36.4. The van der Waals surface area contributed by atoms with E-state index < -0.39 is 24.0 Å². The number of urea groups is 1. The number of methoxy groups -OCH3 is 1. The van der Waals surface area contributed by atoms with Gasteiger partial charge < -0.3 is 24.3 Å². The predicted molar refractivity (Wildman–Crippen MR) is 97.8 cm³/mol. The van der Waals surface area contributed by atoms with E-state index in [1.807, 2.05) is 0 Å². The van der Waals surface area contributed by atoms with Crippen molar-refractivity contribution < 1.29 is 33.3 Å². The SMILES string of the molecule is COc1cc(C(=O)O[C@@H](C)C(=O)NC(=O)NC2CCCC2)cc2c1OCCO2. The zero-order chi connectivity index (χ0) is 20.1. The molecule has 0 unspecified atom stereocenters. The number of rotatable bonds is 5. The molecule has 2 aliphatic rings. The van der Waals surface area contributed by atoms with Crippen LogP contribution in [-0.2, 0) is 9.53 Å². The van der Waals surface area contributed by atoms with Gasteiger partial charge in [0.1, 0.15) is 13.2 Å². The number of esters is 1. The van der Waals surface area contributed by atoms with Crippen LogP contribution < -0.4 is 24.8 Å². The second-order valence-electron chi connectivity index (χ2n) is 6.69. The molecule has 28 heavy (non-hydrogen) atoms. The molecule has 1 aliphatic heterocycles. The Morgan fingerprint density at radius 3 is 2.57 bits per heavy atom. The van der Waals surface area contributed by atoms with Crippen LogP contribution in [0.4, 0.5) is 4.79 Å². The molecule has 1 fully saturated rings. The summed E-state index contributed by atoms with van der Waals surface area (Å²) in [5.74, 6) is -0.329. The standard InChI is InChI=1S/C19H24N2O7/c1-11(17(22)21-19(24)20-13-5-3-4-6-13)28-18(23)12-9-14(25-2)16-15(10-12)26-7-8-27-16/h9-11,13H,3-8H2,1-2H3,(H2,20,21,22,24)/t11-/m0/s1. The minimum Gasteiger partial charge on any atom is -0.493 e. The maximum Gasteiger partial charge on any atom is 0.339 e. The highest BCUT2D eigenvalue weighted by atomic mass is 16.6. The van der Waals surface area contributed by atoms with Gasteiger partial charge in [0.05, 0.1) is 12.7 Å². The van der Waals surface area contributed by atoms with Crippen LogP contribution in [-0.4, -0.2) is 50.4 Å². The minimum atomic E-state index is -1.15. The average molecular weight is 392 g/mol. The molecular weight excluding hydrogens is 368 g/mol. The maximum atomic E-state index is 12.4. The van der Waals surface area contributed by atoms with E-state index in [2.05, 4.69) is 10.6 Å². The molecule has 0 aromatic heterocycles. The summed E-state index contributed by atoms with van der Waals surface area (Å²) >= 11 is 0. The van der Waals surface area contributed by atoms with Crippen LogP contribution in [0.2, 0.25) is 0 Å². The van der Waals surface area contributed by atoms with E-state index in [-0.39, 0.29) is 11.6 Å². The molecule has 152 valence electrons. The molecule has 1 heterocycles. The lowest BCUT2D eigenvalue weighted by Gasteiger charge is -2.21. The van der Waals surface area contributed by atoms with Crippen molar-refractivity contribution in [2.75, 3.05) is 20.3 Å². The summed E-state index contributed by atoms with van der Waals surface area (Å²) < 4.78 is 21.4. The molecule has 3 rings (SSSR count). The van der Waals surface area contributed by atoms with Crippen molar-refractivity contribution in [3.63, 3.8) is 0 Å². The molecule has 0 radical (unpaired) electrons. The van der Waals surface area contributed by atoms with Crippen molar-refractivity contribution in [1.29, 1.82) is 0 Å². The lowest BCUT2D eigenvalue weighted by atomic mass is 10.1. The minimum absolute atomic E-state index is 0.0795. The van der Waals surface area contributed by atoms with Gasteiger partial charge in [0.25, 0.3) is 5.91 Å². The van der Waals surface area contributed by atoms with Crippen molar-refractivity contribution >= 4 is 17.9 Å². The molecule has 9 heteroatoms. The Labute approximate surface area is 162 Å². The van der Waals surface area contributed by atoms with E-state index in [1.165, 1.54) is 26.2 Å². The second kappa shape index (κ2) is 8.81. The first-order valence-electron chi connectivity index (χ1n) is 9.28. The van der Waals surface area contributed by atoms with Gasteiger partial charge >= 0.3 is 12.0 Å². The Balaban J connectivity index is 1.58. The number of ether oxygens (including phenoxy) is 4. The van der Waals surface area contributed by atoms with E-state index in [4.69, 9.17) is 18.9 Å². The van der Waals surface area contributed by atoms with Gasteiger partial charge in [-0.2, -0.15) is 0 Å². The zero-order valence-electron chi connectivity index (χ0n) is 15.9. The molecule has 1 aromatic rings. The van der Waals surface area contributed by atoms with E-state index >= 15 is 0 Å². The smallest absolute Gasteiger partial charge is 0.339 e. The Kier molecular flexibility index (Phi) is 6.23. The number of carbonyl (C=O) groups is 3. The van der Waals surface area contributed by atoms with Crippen molar-refractivity contribution in [2.24, 2.45) is 0 Å². The number of hydrogen-bond acceptors (Lipinski definition) is 7. The monoisotopic (exact) mass is 392 g/mol. The lowest BCUT2D eigenvalue weighted by molar-refractivity contribution is -0.127. The van der Waals surface area contributed by atoms with Crippen LogP contribution in [0.5, 0.6) is 17.2 Å².